The van der Waals surface area contributed by atoms with Crippen LogP contribution in [0.2, 0.25) is 0 Å². The molecule has 5 N–H and O–H groups in total. The van der Waals surface area contributed by atoms with Gasteiger partial charge in [0.25, 0.3) is 10.0 Å². The lowest BCUT2D eigenvalue weighted by Gasteiger charge is -2.06. The van der Waals surface area contributed by atoms with Crippen LogP contribution in [-0.2, 0) is 14.8 Å². The minimum Gasteiger partial charge on any atom is -0.398 e. The van der Waals surface area contributed by atoms with E-state index in [9.17, 15) is 13.2 Å². The average Bonchev–Trinajstić information content (AvgIpc) is 2.21. The first kappa shape index (κ1) is 13.2. The summed E-state index contributed by atoms with van der Waals surface area (Å²) < 4.78 is 25.7. The molecule has 1 aromatic carbocycles. The van der Waals surface area contributed by atoms with Gasteiger partial charge in [-0.15, -0.1) is 0 Å². The molecule has 8 heteroatoms. The largest absolute Gasteiger partial charge is 0.398 e. The monoisotopic (exact) mass is 355 g/mol. The number of hydrogen-bond donors (Lipinski definition) is 3. The van der Waals surface area contributed by atoms with E-state index in [1.807, 2.05) is 27.3 Å². The van der Waals surface area contributed by atoms with Crippen molar-refractivity contribution in [1.29, 1.82) is 0 Å². The van der Waals surface area contributed by atoms with Crippen LogP contribution in [0.25, 0.3) is 0 Å². The summed E-state index contributed by atoms with van der Waals surface area (Å²) in [7, 11) is -3.85. The molecule has 0 spiro atoms. The molecular weight excluding hydrogens is 345 g/mol. The number of carbonyl (C=O) groups excluding carboxylic acids is 1. The predicted octanol–water partition coefficient (Wildman–Crippen LogP) is -0.363. The molecule has 0 saturated carbocycles. The SMILES string of the molecule is NCC(=O)NS(=O)(=O)c1ccc(N)c(I)c1. The van der Waals surface area contributed by atoms with Gasteiger partial charge in [-0.3, -0.25) is 4.79 Å². The Morgan fingerprint density at radius 3 is 2.56 bits per heavy atom. The Hall–Kier alpha value is -0.870. The van der Waals surface area contributed by atoms with Crippen molar-refractivity contribution in [2.45, 2.75) is 4.90 Å². The molecule has 1 rings (SSSR count). The Kier molecular flexibility index (Phi) is 4.10. The Morgan fingerprint density at radius 2 is 2.06 bits per heavy atom. The van der Waals surface area contributed by atoms with Gasteiger partial charge in [-0.2, -0.15) is 0 Å². The van der Waals surface area contributed by atoms with E-state index in [-0.39, 0.29) is 11.4 Å². The number of carbonyl (C=O) groups is 1. The molecule has 1 amide bonds. The lowest BCUT2D eigenvalue weighted by molar-refractivity contribution is -0.118. The molecule has 88 valence electrons. The molecule has 1 aromatic rings. The van der Waals surface area contributed by atoms with Crippen LogP contribution in [0.15, 0.2) is 23.1 Å². The van der Waals surface area contributed by atoms with E-state index in [0.717, 1.165) is 0 Å². The second-order valence-corrected chi connectivity index (χ2v) is 5.76. The Balaban J connectivity index is 3.08. The van der Waals surface area contributed by atoms with Crippen LogP contribution in [-0.4, -0.2) is 20.9 Å². The maximum atomic E-state index is 11.6. The Morgan fingerprint density at radius 1 is 1.44 bits per heavy atom. The Labute approximate surface area is 107 Å². The van der Waals surface area contributed by atoms with Gasteiger partial charge in [0.05, 0.1) is 11.4 Å². The van der Waals surface area contributed by atoms with Crippen LogP contribution in [0.5, 0.6) is 0 Å². The number of amides is 1. The van der Waals surface area contributed by atoms with Crippen molar-refractivity contribution in [3.63, 3.8) is 0 Å². The van der Waals surface area contributed by atoms with Crippen LogP contribution >= 0.6 is 22.6 Å². The second kappa shape index (κ2) is 4.97. The quantitative estimate of drug-likeness (QED) is 0.506. The van der Waals surface area contributed by atoms with Gasteiger partial charge in [0.15, 0.2) is 0 Å². The summed E-state index contributed by atoms with van der Waals surface area (Å²) in [6, 6.07) is 4.16. The second-order valence-electron chi connectivity index (χ2n) is 2.92. The number of halogens is 1. The third kappa shape index (κ3) is 3.06. The van der Waals surface area contributed by atoms with Gasteiger partial charge >= 0.3 is 0 Å². The number of anilines is 1. The number of nitrogens with one attached hydrogen (secondary N) is 1. The van der Waals surface area contributed by atoms with Gasteiger partial charge in [0.1, 0.15) is 0 Å². The van der Waals surface area contributed by atoms with Crippen molar-refractivity contribution < 1.29 is 13.2 Å². The molecule has 0 aromatic heterocycles. The van der Waals surface area contributed by atoms with Crippen LogP contribution in [0.4, 0.5) is 5.69 Å². The summed E-state index contributed by atoms with van der Waals surface area (Å²) in [4.78, 5) is 10.9. The number of hydrogen-bond acceptors (Lipinski definition) is 5. The number of sulfonamides is 1. The van der Waals surface area contributed by atoms with Crippen LogP contribution in [0.1, 0.15) is 0 Å². The molecule has 16 heavy (non-hydrogen) atoms. The molecule has 0 atom stereocenters. The highest BCUT2D eigenvalue weighted by Crippen LogP contribution is 2.19. The predicted molar refractivity (Wildman–Crippen MR) is 68.0 cm³/mol. The van der Waals surface area contributed by atoms with Crippen molar-refractivity contribution in [3.8, 4) is 0 Å². The molecule has 0 unspecified atom stereocenters. The average molecular weight is 355 g/mol. The van der Waals surface area contributed by atoms with Gasteiger partial charge in [-0.05, 0) is 40.8 Å². The van der Waals surface area contributed by atoms with E-state index >= 15 is 0 Å². The first-order chi connectivity index (χ1) is 7.36. The molecule has 0 bridgehead atoms. The number of rotatable bonds is 3. The highest BCUT2D eigenvalue weighted by molar-refractivity contribution is 14.1. The minimum atomic E-state index is -3.85. The molecular formula is C8H10IN3O3S. The van der Waals surface area contributed by atoms with Crippen molar-refractivity contribution in [2.24, 2.45) is 5.73 Å². The summed E-state index contributed by atoms with van der Waals surface area (Å²) >= 11 is 1.91. The molecule has 0 aliphatic rings. The van der Waals surface area contributed by atoms with E-state index in [1.54, 1.807) is 0 Å². The zero-order valence-electron chi connectivity index (χ0n) is 8.10. The topological polar surface area (TPSA) is 115 Å². The molecule has 6 nitrogen and oxygen atoms in total. The van der Waals surface area contributed by atoms with E-state index < -0.39 is 15.9 Å². The molecule has 0 aliphatic carbocycles. The van der Waals surface area contributed by atoms with Gasteiger partial charge in [-0.1, -0.05) is 0 Å². The van der Waals surface area contributed by atoms with Crippen molar-refractivity contribution in [2.75, 3.05) is 12.3 Å². The first-order valence-electron chi connectivity index (χ1n) is 4.17. The molecule has 0 aliphatic heterocycles. The maximum Gasteiger partial charge on any atom is 0.264 e. The van der Waals surface area contributed by atoms with E-state index in [4.69, 9.17) is 11.5 Å². The van der Waals surface area contributed by atoms with Gasteiger partial charge in [0, 0.05) is 9.26 Å². The van der Waals surface area contributed by atoms with Crippen LogP contribution < -0.4 is 16.2 Å². The molecule has 0 fully saturated rings. The third-order valence-electron chi connectivity index (χ3n) is 1.72. The zero-order chi connectivity index (χ0) is 12.3. The zero-order valence-corrected chi connectivity index (χ0v) is 11.1. The minimum absolute atomic E-state index is 0.0205. The smallest absolute Gasteiger partial charge is 0.264 e. The lowest BCUT2D eigenvalue weighted by atomic mass is 10.3. The fourth-order valence-electron chi connectivity index (χ4n) is 0.925. The number of benzene rings is 1. The summed E-state index contributed by atoms with van der Waals surface area (Å²) in [5.74, 6) is -0.758. The van der Waals surface area contributed by atoms with Crippen molar-refractivity contribution >= 4 is 44.2 Å². The normalized spacial score (nSPS) is 11.1. The summed E-state index contributed by atoms with van der Waals surface area (Å²) in [5, 5.41) is 0. The van der Waals surface area contributed by atoms with E-state index in [0.29, 0.717) is 9.26 Å². The summed E-state index contributed by atoms with van der Waals surface area (Å²) in [6.45, 7) is -0.384. The fourth-order valence-corrected chi connectivity index (χ4v) is 2.67. The first-order valence-corrected chi connectivity index (χ1v) is 6.74. The molecule has 0 heterocycles. The summed E-state index contributed by atoms with van der Waals surface area (Å²) in [6.07, 6.45) is 0. The molecule has 0 saturated heterocycles. The number of nitrogen functional groups attached to an aromatic ring is 1. The van der Waals surface area contributed by atoms with E-state index in [2.05, 4.69) is 0 Å². The fraction of sp³-hybridized carbons (Fsp3) is 0.125. The van der Waals surface area contributed by atoms with Crippen molar-refractivity contribution in [3.05, 3.63) is 21.8 Å². The van der Waals surface area contributed by atoms with Gasteiger partial charge in [0.2, 0.25) is 5.91 Å². The van der Waals surface area contributed by atoms with Crippen molar-refractivity contribution in [1.82, 2.24) is 4.72 Å². The van der Waals surface area contributed by atoms with Gasteiger partial charge in [-0.25, -0.2) is 13.1 Å². The highest BCUT2D eigenvalue weighted by atomic mass is 127. The standard InChI is InChI=1S/C8H10IN3O3S/c9-6-3-5(1-2-7(6)11)16(14,15)12-8(13)4-10/h1-3H,4,10-11H2,(H,12,13). The summed E-state index contributed by atoms with van der Waals surface area (Å²) in [5.41, 5.74) is 11.0. The highest BCUT2D eigenvalue weighted by Gasteiger charge is 2.17. The third-order valence-corrected chi connectivity index (χ3v) is 4.02. The lowest BCUT2D eigenvalue weighted by Crippen LogP contribution is -2.35. The van der Waals surface area contributed by atoms with Crippen LogP contribution in [0, 0.1) is 3.57 Å². The Bertz CT molecular complexity index is 515. The van der Waals surface area contributed by atoms with Gasteiger partial charge < -0.3 is 11.5 Å². The molecule has 0 radical (unpaired) electrons. The van der Waals surface area contributed by atoms with Crippen LogP contribution in [0.3, 0.4) is 0 Å². The number of nitrogens with two attached hydrogens (primary N) is 2. The maximum absolute atomic E-state index is 11.6. The van der Waals surface area contributed by atoms with E-state index in [1.165, 1.54) is 18.2 Å².